The van der Waals surface area contributed by atoms with E-state index >= 15 is 0 Å². The first-order valence-electron chi connectivity index (χ1n) is 8.71. The summed E-state index contributed by atoms with van der Waals surface area (Å²) >= 11 is 0. The van der Waals surface area contributed by atoms with Crippen molar-refractivity contribution in [2.45, 2.75) is 44.1 Å². The first-order chi connectivity index (χ1) is 11.0. The van der Waals surface area contributed by atoms with Crippen molar-refractivity contribution < 1.29 is 9.90 Å². The summed E-state index contributed by atoms with van der Waals surface area (Å²) in [5, 5.41) is 10.6. The van der Waals surface area contributed by atoms with Gasteiger partial charge in [0, 0.05) is 13.1 Å². The van der Waals surface area contributed by atoms with Crippen LogP contribution in [-0.4, -0.2) is 60.1 Å². The zero-order chi connectivity index (χ0) is 16.4. The number of nitrogens with zero attached hydrogens (tertiary/aromatic N) is 2. The van der Waals surface area contributed by atoms with E-state index in [1.807, 2.05) is 23.9 Å². The maximum atomic E-state index is 12.6. The van der Waals surface area contributed by atoms with E-state index in [0.29, 0.717) is 32.5 Å². The second kappa shape index (κ2) is 6.62. The average Bonchev–Trinajstić information content (AvgIpc) is 2.88. The molecule has 0 radical (unpaired) electrons. The van der Waals surface area contributed by atoms with Gasteiger partial charge in [-0.1, -0.05) is 18.2 Å². The SMILES string of the molecule is CN(C)CC1(O)CCN(C(=O)Cc2ccc3c(c2)CCCC3)C1. The summed E-state index contributed by atoms with van der Waals surface area (Å²) in [6.45, 7) is 1.72. The van der Waals surface area contributed by atoms with Crippen molar-refractivity contribution in [1.82, 2.24) is 9.80 Å². The van der Waals surface area contributed by atoms with Crippen molar-refractivity contribution in [3.63, 3.8) is 0 Å². The standard InChI is InChI=1S/C19H28N2O2/c1-20(2)13-19(23)9-10-21(14-19)18(22)12-15-7-8-16-5-3-4-6-17(16)11-15/h7-8,11,23H,3-6,9-10,12-14H2,1-2H3. The van der Waals surface area contributed by atoms with Crippen LogP contribution >= 0.6 is 0 Å². The van der Waals surface area contributed by atoms with Gasteiger partial charge in [-0.15, -0.1) is 0 Å². The van der Waals surface area contributed by atoms with E-state index in [-0.39, 0.29) is 5.91 Å². The minimum Gasteiger partial charge on any atom is -0.387 e. The van der Waals surface area contributed by atoms with Crippen molar-refractivity contribution in [3.05, 3.63) is 34.9 Å². The van der Waals surface area contributed by atoms with Crippen LogP contribution in [0.15, 0.2) is 18.2 Å². The Hall–Kier alpha value is -1.39. The Kier molecular flexibility index (Phi) is 4.74. The van der Waals surface area contributed by atoms with Crippen molar-refractivity contribution in [2.24, 2.45) is 0 Å². The molecule has 1 aliphatic heterocycles. The summed E-state index contributed by atoms with van der Waals surface area (Å²) in [5.74, 6) is 0.135. The lowest BCUT2D eigenvalue weighted by Gasteiger charge is -2.26. The number of rotatable bonds is 4. The maximum Gasteiger partial charge on any atom is 0.227 e. The van der Waals surface area contributed by atoms with Gasteiger partial charge in [0.1, 0.15) is 0 Å². The molecule has 0 aromatic heterocycles. The Balaban J connectivity index is 1.61. The molecule has 1 aromatic rings. The summed E-state index contributed by atoms with van der Waals surface area (Å²) in [7, 11) is 3.91. The molecule has 1 heterocycles. The first kappa shape index (κ1) is 16.5. The van der Waals surface area contributed by atoms with Crippen molar-refractivity contribution in [2.75, 3.05) is 33.7 Å². The highest BCUT2D eigenvalue weighted by Gasteiger charge is 2.38. The molecule has 0 spiro atoms. The molecule has 1 N–H and O–H groups in total. The number of fused-ring (bicyclic) bond motifs is 1. The van der Waals surface area contributed by atoms with Gasteiger partial charge in [-0.25, -0.2) is 0 Å². The van der Waals surface area contributed by atoms with Crippen LogP contribution < -0.4 is 0 Å². The predicted molar refractivity (Wildman–Crippen MR) is 91.5 cm³/mol. The first-order valence-corrected chi connectivity index (χ1v) is 8.71. The van der Waals surface area contributed by atoms with Gasteiger partial charge in [0.2, 0.25) is 5.91 Å². The number of hydrogen-bond donors (Lipinski definition) is 1. The van der Waals surface area contributed by atoms with Gasteiger partial charge in [0.05, 0.1) is 18.6 Å². The van der Waals surface area contributed by atoms with Crippen LogP contribution in [-0.2, 0) is 24.1 Å². The van der Waals surface area contributed by atoms with Gasteiger partial charge in [-0.05, 0) is 62.9 Å². The molecule has 0 bridgehead atoms. The number of likely N-dealkylation sites (N-methyl/N-ethyl adjacent to an activating group) is 1. The molecule has 2 aliphatic rings. The molecular weight excluding hydrogens is 288 g/mol. The number of amides is 1. The average molecular weight is 316 g/mol. The topological polar surface area (TPSA) is 43.8 Å². The van der Waals surface area contributed by atoms with Crippen LogP contribution in [0.25, 0.3) is 0 Å². The number of β-amino-alcohol motifs (C(OH)–C–C–N with tert-alkyl or cyclic N) is 1. The minimum absolute atomic E-state index is 0.135. The summed E-state index contributed by atoms with van der Waals surface area (Å²) in [6, 6.07) is 6.52. The fraction of sp³-hybridized carbons (Fsp3) is 0.632. The Morgan fingerprint density at radius 3 is 2.74 bits per heavy atom. The summed E-state index contributed by atoms with van der Waals surface area (Å²) < 4.78 is 0. The molecule has 1 amide bonds. The molecule has 4 heteroatoms. The molecular formula is C19H28N2O2. The van der Waals surface area contributed by atoms with E-state index < -0.39 is 5.60 Å². The highest BCUT2D eigenvalue weighted by Crippen LogP contribution is 2.25. The van der Waals surface area contributed by atoms with E-state index in [4.69, 9.17) is 0 Å². The third-order valence-electron chi connectivity index (χ3n) is 5.06. The van der Waals surface area contributed by atoms with E-state index in [1.54, 1.807) is 0 Å². The normalized spacial score (nSPS) is 24.1. The number of carbonyl (C=O) groups excluding carboxylic acids is 1. The van der Waals surface area contributed by atoms with Crippen LogP contribution in [0.3, 0.4) is 0 Å². The van der Waals surface area contributed by atoms with Crippen LogP contribution in [0, 0.1) is 0 Å². The Morgan fingerprint density at radius 1 is 1.26 bits per heavy atom. The molecule has 3 rings (SSSR count). The lowest BCUT2D eigenvalue weighted by molar-refractivity contribution is -0.130. The molecule has 1 fully saturated rings. The maximum absolute atomic E-state index is 12.6. The van der Waals surface area contributed by atoms with Crippen LogP contribution in [0.5, 0.6) is 0 Å². The van der Waals surface area contributed by atoms with E-state index in [1.165, 1.54) is 30.4 Å². The highest BCUT2D eigenvalue weighted by atomic mass is 16.3. The van der Waals surface area contributed by atoms with Crippen molar-refractivity contribution in [1.29, 1.82) is 0 Å². The second-order valence-corrected chi connectivity index (χ2v) is 7.51. The molecule has 1 saturated heterocycles. The molecule has 1 aliphatic carbocycles. The van der Waals surface area contributed by atoms with Gasteiger partial charge in [0.25, 0.3) is 0 Å². The van der Waals surface area contributed by atoms with Gasteiger partial charge >= 0.3 is 0 Å². The van der Waals surface area contributed by atoms with Gasteiger partial charge in [-0.2, -0.15) is 0 Å². The smallest absolute Gasteiger partial charge is 0.227 e. The molecule has 1 unspecified atom stereocenters. The summed E-state index contributed by atoms with van der Waals surface area (Å²) in [4.78, 5) is 16.4. The Labute approximate surface area is 139 Å². The van der Waals surface area contributed by atoms with E-state index in [9.17, 15) is 9.90 Å². The Bertz CT molecular complexity index is 585. The number of aliphatic hydroxyl groups is 1. The van der Waals surface area contributed by atoms with Gasteiger partial charge in [0.15, 0.2) is 0 Å². The fourth-order valence-electron chi connectivity index (χ4n) is 3.97. The zero-order valence-electron chi connectivity index (χ0n) is 14.3. The van der Waals surface area contributed by atoms with Gasteiger partial charge in [-0.3, -0.25) is 4.79 Å². The van der Waals surface area contributed by atoms with E-state index in [0.717, 1.165) is 12.0 Å². The van der Waals surface area contributed by atoms with Crippen LogP contribution in [0.2, 0.25) is 0 Å². The van der Waals surface area contributed by atoms with Crippen molar-refractivity contribution >= 4 is 5.91 Å². The largest absolute Gasteiger partial charge is 0.387 e. The number of carbonyl (C=O) groups is 1. The lowest BCUT2D eigenvalue weighted by Crippen LogP contribution is -2.43. The Morgan fingerprint density at radius 2 is 2.00 bits per heavy atom. The lowest BCUT2D eigenvalue weighted by atomic mass is 9.90. The number of benzene rings is 1. The monoisotopic (exact) mass is 316 g/mol. The van der Waals surface area contributed by atoms with Crippen LogP contribution in [0.4, 0.5) is 0 Å². The number of likely N-dealkylation sites (tertiary alicyclic amines) is 1. The quantitative estimate of drug-likeness (QED) is 0.918. The minimum atomic E-state index is -0.755. The van der Waals surface area contributed by atoms with Crippen LogP contribution in [0.1, 0.15) is 36.0 Å². The predicted octanol–water partition coefficient (Wildman–Crippen LogP) is 1.63. The third kappa shape index (κ3) is 3.93. The summed E-state index contributed by atoms with van der Waals surface area (Å²) in [5.41, 5.74) is 3.23. The van der Waals surface area contributed by atoms with E-state index in [2.05, 4.69) is 18.2 Å². The zero-order valence-corrected chi connectivity index (χ0v) is 14.3. The van der Waals surface area contributed by atoms with Gasteiger partial charge < -0.3 is 14.9 Å². The summed E-state index contributed by atoms with van der Waals surface area (Å²) in [6.07, 6.45) is 5.97. The number of hydrogen-bond acceptors (Lipinski definition) is 3. The molecule has 1 aromatic carbocycles. The second-order valence-electron chi connectivity index (χ2n) is 7.51. The molecule has 0 saturated carbocycles. The molecule has 23 heavy (non-hydrogen) atoms. The fourth-order valence-corrected chi connectivity index (χ4v) is 3.97. The van der Waals surface area contributed by atoms with Crippen molar-refractivity contribution in [3.8, 4) is 0 Å². The number of aryl methyl sites for hydroxylation is 2. The molecule has 1 atom stereocenters. The third-order valence-corrected chi connectivity index (χ3v) is 5.06. The molecule has 126 valence electrons. The highest BCUT2D eigenvalue weighted by molar-refractivity contribution is 5.79. The molecule has 4 nitrogen and oxygen atoms in total.